The summed E-state index contributed by atoms with van der Waals surface area (Å²) in [5, 5.41) is 7.75. The number of rotatable bonds is 18. The van der Waals surface area contributed by atoms with Gasteiger partial charge in [0.25, 0.3) is 5.91 Å². The van der Waals surface area contributed by atoms with Crippen LogP contribution in [0.25, 0.3) is 10.1 Å². The topological polar surface area (TPSA) is 96.9 Å². The fraction of sp³-hybridized carbons (Fsp3) is 0.438. The van der Waals surface area contributed by atoms with E-state index in [0.717, 1.165) is 29.3 Å². The largest absolute Gasteiger partial charge is 0.422 e. The van der Waals surface area contributed by atoms with Crippen molar-refractivity contribution in [3.8, 4) is 5.75 Å². The zero-order valence-electron chi connectivity index (χ0n) is 23.8. The van der Waals surface area contributed by atoms with Crippen LogP contribution >= 0.6 is 22.9 Å². The number of amides is 2. The van der Waals surface area contributed by atoms with Crippen molar-refractivity contribution in [2.45, 2.75) is 84.0 Å². The van der Waals surface area contributed by atoms with Crippen molar-refractivity contribution >= 4 is 57.0 Å². The number of esters is 1. The van der Waals surface area contributed by atoms with Crippen LogP contribution in [-0.2, 0) is 9.59 Å². The molecule has 2 N–H and O–H groups in total. The summed E-state index contributed by atoms with van der Waals surface area (Å²) < 4.78 is 6.49. The third-order valence-corrected chi connectivity index (χ3v) is 8.34. The maximum Gasteiger partial charge on any atom is 0.355 e. The normalized spacial score (nSPS) is 11.2. The van der Waals surface area contributed by atoms with Crippen molar-refractivity contribution in [1.82, 2.24) is 10.7 Å². The van der Waals surface area contributed by atoms with Crippen LogP contribution in [0.5, 0.6) is 5.75 Å². The van der Waals surface area contributed by atoms with Crippen LogP contribution in [0.15, 0.2) is 53.6 Å². The summed E-state index contributed by atoms with van der Waals surface area (Å²) in [4.78, 5) is 37.3. The number of carbonyl (C=O) groups excluding carboxylic acids is 3. The Morgan fingerprint density at radius 2 is 1.49 bits per heavy atom. The van der Waals surface area contributed by atoms with E-state index in [2.05, 4.69) is 22.8 Å². The minimum atomic E-state index is -0.568. The number of hydrogen-bond acceptors (Lipinski definition) is 6. The second-order valence-electron chi connectivity index (χ2n) is 10.0. The monoisotopic (exact) mass is 597 g/mol. The fourth-order valence-corrected chi connectivity index (χ4v) is 5.79. The van der Waals surface area contributed by atoms with E-state index in [4.69, 9.17) is 16.3 Å². The molecule has 0 aliphatic carbocycles. The maximum absolute atomic E-state index is 12.8. The first-order valence-electron chi connectivity index (χ1n) is 14.6. The Morgan fingerprint density at radius 1 is 0.854 bits per heavy atom. The van der Waals surface area contributed by atoms with Gasteiger partial charge in [-0.05, 0) is 24.6 Å². The van der Waals surface area contributed by atoms with Crippen LogP contribution in [0.3, 0.4) is 0 Å². The van der Waals surface area contributed by atoms with Crippen LogP contribution in [0.1, 0.15) is 99.2 Å². The number of benzene rings is 2. The number of fused-ring (bicyclic) bond motifs is 1. The van der Waals surface area contributed by atoms with Crippen LogP contribution in [0.4, 0.5) is 0 Å². The molecule has 0 aliphatic heterocycles. The lowest BCUT2D eigenvalue weighted by Gasteiger charge is -2.07. The predicted octanol–water partition coefficient (Wildman–Crippen LogP) is 8.04. The highest BCUT2D eigenvalue weighted by Gasteiger charge is 2.19. The number of nitrogens with zero attached hydrogens (tertiary/aromatic N) is 1. The molecule has 0 atom stereocenters. The third-order valence-electron chi connectivity index (χ3n) is 6.69. The fourth-order valence-electron chi connectivity index (χ4n) is 4.40. The van der Waals surface area contributed by atoms with E-state index >= 15 is 0 Å². The minimum Gasteiger partial charge on any atom is -0.422 e. The van der Waals surface area contributed by atoms with E-state index in [1.807, 2.05) is 24.3 Å². The van der Waals surface area contributed by atoms with Crippen molar-refractivity contribution in [1.29, 1.82) is 0 Å². The van der Waals surface area contributed by atoms with Gasteiger partial charge < -0.3 is 10.1 Å². The number of thiophene rings is 1. The van der Waals surface area contributed by atoms with Gasteiger partial charge in [-0.3, -0.25) is 9.59 Å². The van der Waals surface area contributed by atoms with Crippen molar-refractivity contribution in [3.63, 3.8) is 0 Å². The zero-order chi connectivity index (χ0) is 29.3. The van der Waals surface area contributed by atoms with E-state index in [-0.39, 0.29) is 18.2 Å². The maximum atomic E-state index is 12.8. The van der Waals surface area contributed by atoms with Gasteiger partial charge in [0.1, 0.15) is 10.6 Å². The minimum absolute atomic E-state index is 0.141. The van der Waals surface area contributed by atoms with Gasteiger partial charge in [-0.25, -0.2) is 10.2 Å². The summed E-state index contributed by atoms with van der Waals surface area (Å²) >= 11 is 7.68. The highest BCUT2D eigenvalue weighted by Crippen LogP contribution is 2.36. The first-order chi connectivity index (χ1) is 20.0. The Balaban J connectivity index is 1.33. The number of ether oxygens (including phenoxy) is 1. The summed E-state index contributed by atoms with van der Waals surface area (Å²) in [6.07, 6.45) is 15.2. The Morgan fingerprint density at radius 3 is 2.20 bits per heavy atom. The molecule has 3 rings (SSSR count). The van der Waals surface area contributed by atoms with Gasteiger partial charge in [-0.2, -0.15) is 5.10 Å². The van der Waals surface area contributed by atoms with E-state index in [1.165, 1.54) is 68.9 Å². The molecule has 0 spiro atoms. The Bertz CT molecular complexity index is 1310. The third kappa shape index (κ3) is 11.3. The van der Waals surface area contributed by atoms with Crippen LogP contribution in [0.2, 0.25) is 5.02 Å². The Labute approximate surface area is 251 Å². The number of nitrogens with one attached hydrogen (secondary N) is 2. The van der Waals surface area contributed by atoms with Crippen molar-refractivity contribution < 1.29 is 19.1 Å². The van der Waals surface area contributed by atoms with Gasteiger partial charge in [0.15, 0.2) is 0 Å². The van der Waals surface area contributed by atoms with Gasteiger partial charge in [0, 0.05) is 22.1 Å². The highest BCUT2D eigenvalue weighted by molar-refractivity contribution is 7.21. The van der Waals surface area contributed by atoms with Crippen LogP contribution < -0.4 is 15.5 Å². The summed E-state index contributed by atoms with van der Waals surface area (Å²) in [6.45, 7) is 2.08. The molecule has 41 heavy (non-hydrogen) atoms. The summed E-state index contributed by atoms with van der Waals surface area (Å²) in [5.41, 5.74) is 2.89. The molecule has 0 unspecified atom stereocenters. The molecule has 0 fully saturated rings. The average molecular weight is 598 g/mol. The van der Waals surface area contributed by atoms with Gasteiger partial charge in [-0.1, -0.05) is 113 Å². The molecule has 9 heteroatoms. The molecule has 0 saturated heterocycles. The molecule has 2 aromatic carbocycles. The molecule has 0 saturated carbocycles. The van der Waals surface area contributed by atoms with E-state index < -0.39 is 11.9 Å². The Kier molecular flexibility index (Phi) is 14.4. The zero-order valence-corrected chi connectivity index (χ0v) is 25.3. The first-order valence-corrected chi connectivity index (χ1v) is 15.8. The lowest BCUT2D eigenvalue weighted by Crippen LogP contribution is -2.34. The standard InChI is InChI=1S/C32H40ClN3O4S/c1-2-3-4-5-6-7-8-9-10-11-12-21-28(37)34-23-29(38)36-35-22-24-17-13-15-19-26(24)40-32(39)31-30(33)25-18-14-16-20-27(25)41-31/h13-20,22H,2-12,21,23H2,1H3,(H,34,37)(H,36,38)/b35-22+. The van der Waals surface area contributed by atoms with Crippen LogP contribution in [-0.4, -0.2) is 30.5 Å². The van der Waals surface area contributed by atoms with E-state index in [1.54, 1.807) is 24.3 Å². The summed E-state index contributed by atoms with van der Waals surface area (Å²) in [7, 11) is 0. The molecule has 7 nitrogen and oxygen atoms in total. The number of para-hydroxylation sites is 1. The van der Waals surface area contributed by atoms with Crippen LogP contribution in [0, 0.1) is 0 Å². The van der Waals surface area contributed by atoms with E-state index in [9.17, 15) is 14.4 Å². The highest BCUT2D eigenvalue weighted by atomic mass is 35.5. The van der Waals surface area contributed by atoms with Gasteiger partial charge in [0.2, 0.25) is 5.91 Å². The Hall–Kier alpha value is -3.23. The number of unbranched alkanes of at least 4 members (excludes halogenated alkanes) is 10. The smallest absolute Gasteiger partial charge is 0.355 e. The first kappa shape index (κ1) is 32.3. The van der Waals surface area contributed by atoms with Gasteiger partial charge >= 0.3 is 5.97 Å². The van der Waals surface area contributed by atoms with Gasteiger partial charge in [0.05, 0.1) is 17.8 Å². The predicted molar refractivity (Wildman–Crippen MR) is 168 cm³/mol. The molecule has 0 bridgehead atoms. The quantitative estimate of drug-likeness (QED) is 0.0510. The molecule has 1 aromatic heterocycles. The summed E-state index contributed by atoms with van der Waals surface area (Å²) in [5.74, 6) is -0.872. The number of halogens is 1. The molecular weight excluding hydrogens is 558 g/mol. The number of hydrazone groups is 1. The van der Waals surface area contributed by atoms with E-state index in [0.29, 0.717) is 21.9 Å². The molecule has 3 aromatic rings. The summed E-state index contributed by atoms with van der Waals surface area (Å²) in [6, 6.07) is 14.3. The SMILES string of the molecule is CCCCCCCCCCCCCC(=O)NCC(=O)N/N=C/c1ccccc1OC(=O)c1sc2ccccc2c1Cl. The lowest BCUT2D eigenvalue weighted by atomic mass is 10.1. The average Bonchev–Trinajstić information content (AvgIpc) is 3.32. The molecule has 1 heterocycles. The number of carbonyl (C=O) groups is 3. The second-order valence-corrected chi connectivity index (χ2v) is 11.5. The molecular formula is C32H40ClN3O4S. The molecule has 220 valence electrons. The van der Waals surface area contributed by atoms with Crippen molar-refractivity contribution in [3.05, 3.63) is 64.0 Å². The van der Waals surface area contributed by atoms with Crippen molar-refractivity contribution in [2.24, 2.45) is 5.10 Å². The molecule has 0 aliphatic rings. The molecule has 2 amide bonds. The molecule has 0 radical (unpaired) electrons. The second kappa shape index (κ2) is 18.3. The number of hydrogen-bond donors (Lipinski definition) is 2. The van der Waals surface area contributed by atoms with Crippen molar-refractivity contribution in [2.75, 3.05) is 6.54 Å². The lowest BCUT2D eigenvalue weighted by molar-refractivity contribution is -0.126. The van der Waals surface area contributed by atoms with Gasteiger partial charge in [-0.15, -0.1) is 11.3 Å².